The molecule has 25 heavy (non-hydrogen) atoms. The molecule has 6 heteroatoms. The normalized spacial score (nSPS) is 17.6. The molecule has 1 fully saturated rings. The standard InChI is InChI=1S/C19H26N2O4/c1-13-6-8-21(9-7-13)12-15(22)11-20-19(23)17-10-14-4-3-5-16(24-2)18(14)25-17/h3-5,10,13,15,22H,6-9,11-12H2,1-2H3,(H,20,23). The van der Waals surface area contributed by atoms with Crippen LogP contribution in [0.5, 0.6) is 5.75 Å². The molecule has 136 valence electrons. The largest absolute Gasteiger partial charge is 0.493 e. The Morgan fingerprint density at radius 1 is 1.44 bits per heavy atom. The van der Waals surface area contributed by atoms with Crippen LogP contribution in [0.15, 0.2) is 28.7 Å². The lowest BCUT2D eigenvalue weighted by atomic mass is 9.99. The molecule has 2 heterocycles. The first-order valence-corrected chi connectivity index (χ1v) is 8.82. The molecule has 1 atom stereocenters. The molecule has 1 aromatic carbocycles. The molecular weight excluding hydrogens is 320 g/mol. The summed E-state index contributed by atoms with van der Waals surface area (Å²) in [5.74, 6) is 1.25. The molecule has 0 radical (unpaired) electrons. The van der Waals surface area contributed by atoms with E-state index in [9.17, 15) is 9.90 Å². The van der Waals surface area contributed by atoms with E-state index >= 15 is 0 Å². The number of piperidine rings is 1. The summed E-state index contributed by atoms with van der Waals surface area (Å²) in [4.78, 5) is 14.5. The third kappa shape index (κ3) is 4.32. The average molecular weight is 346 g/mol. The van der Waals surface area contributed by atoms with Crippen molar-refractivity contribution in [2.24, 2.45) is 5.92 Å². The molecule has 1 amide bonds. The number of aliphatic hydroxyl groups excluding tert-OH is 1. The van der Waals surface area contributed by atoms with Crippen molar-refractivity contribution in [2.75, 3.05) is 33.3 Å². The van der Waals surface area contributed by atoms with Crippen LogP contribution in [0.1, 0.15) is 30.3 Å². The third-order valence-electron chi connectivity index (χ3n) is 4.80. The minimum absolute atomic E-state index is 0.207. The van der Waals surface area contributed by atoms with Crippen LogP contribution in [0, 0.1) is 5.92 Å². The summed E-state index contributed by atoms with van der Waals surface area (Å²) in [7, 11) is 1.56. The van der Waals surface area contributed by atoms with Gasteiger partial charge in [0, 0.05) is 18.5 Å². The summed E-state index contributed by atoms with van der Waals surface area (Å²) >= 11 is 0. The zero-order valence-corrected chi connectivity index (χ0v) is 14.8. The van der Waals surface area contributed by atoms with Gasteiger partial charge in [-0.15, -0.1) is 0 Å². The lowest BCUT2D eigenvalue weighted by Gasteiger charge is -2.31. The van der Waals surface area contributed by atoms with Crippen LogP contribution in [0.3, 0.4) is 0 Å². The predicted octanol–water partition coefficient (Wildman–Crippen LogP) is 2.26. The molecule has 6 nitrogen and oxygen atoms in total. The second-order valence-corrected chi connectivity index (χ2v) is 6.84. The van der Waals surface area contributed by atoms with Gasteiger partial charge in [-0.25, -0.2) is 0 Å². The van der Waals surface area contributed by atoms with Gasteiger partial charge in [-0.2, -0.15) is 0 Å². The number of benzene rings is 1. The third-order valence-corrected chi connectivity index (χ3v) is 4.80. The van der Waals surface area contributed by atoms with Gasteiger partial charge < -0.3 is 24.5 Å². The number of ether oxygens (including phenoxy) is 1. The average Bonchev–Trinajstić information content (AvgIpc) is 3.06. The SMILES string of the molecule is COc1cccc2cc(C(=O)NCC(O)CN3CCC(C)CC3)oc12. The second kappa shape index (κ2) is 7.89. The number of hydrogen-bond donors (Lipinski definition) is 2. The van der Waals surface area contributed by atoms with E-state index < -0.39 is 6.10 Å². The number of nitrogens with zero attached hydrogens (tertiary/aromatic N) is 1. The van der Waals surface area contributed by atoms with E-state index in [4.69, 9.17) is 9.15 Å². The maximum Gasteiger partial charge on any atom is 0.287 e. The number of β-amino-alcohol motifs (C(OH)–C–C–N with tert-alkyl or cyclic N) is 1. The number of aliphatic hydroxyl groups is 1. The number of amides is 1. The molecule has 1 saturated heterocycles. The van der Waals surface area contributed by atoms with Gasteiger partial charge in [0.2, 0.25) is 0 Å². The highest BCUT2D eigenvalue weighted by molar-refractivity contribution is 5.97. The summed E-state index contributed by atoms with van der Waals surface area (Å²) in [6.07, 6.45) is 1.75. The van der Waals surface area contributed by atoms with Gasteiger partial charge in [0.05, 0.1) is 13.2 Å². The van der Waals surface area contributed by atoms with Crippen LogP contribution in [0.25, 0.3) is 11.0 Å². The number of carbonyl (C=O) groups excluding carboxylic acids is 1. The van der Waals surface area contributed by atoms with Crippen LogP contribution in [-0.2, 0) is 0 Å². The molecule has 0 aliphatic carbocycles. The van der Waals surface area contributed by atoms with Crippen molar-refractivity contribution >= 4 is 16.9 Å². The van der Waals surface area contributed by atoms with Crippen LogP contribution in [0.2, 0.25) is 0 Å². The Hall–Kier alpha value is -2.05. The van der Waals surface area contributed by atoms with Crippen molar-refractivity contribution in [3.05, 3.63) is 30.0 Å². The molecule has 0 saturated carbocycles. The Morgan fingerprint density at radius 2 is 2.20 bits per heavy atom. The van der Waals surface area contributed by atoms with Crippen LogP contribution >= 0.6 is 0 Å². The summed E-state index contributed by atoms with van der Waals surface area (Å²) in [5, 5.41) is 13.7. The first-order valence-electron chi connectivity index (χ1n) is 8.82. The Kier molecular flexibility index (Phi) is 5.60. The summed E-state index contributed by atoms with van der Waals surface area (Å²) in [6, 6.07) is 7.19. The van der Waals surface area contributed by atoms with E-state index in [-0.39, 0.29) is 18.2 Å². The molecule has 1 aliphatic rings. The van der Waals surface area contributed by atoms with E-state index in [1.807, 2.05) is 12.1 Å². The second-order valence-electron chi connectivity index (χ2n) is 6.84. The summed E-state index contributed by atoms with van der Waals surface area (Å²) in [5.41, 5.74) is 0.554. The van der Waals surface area contributed by atoms with Gasteiger partial charge >= 0.3 is 0 Å². The smallest absolute Gasteiger partial charge is 0.287 e. The van der Waals surface area contributed by atoms with Crippen LogP contribution in [0.4, 0.5) is 0 Å². The lowest BCUT2D eigenvalue weighted by molar-refractivity contribution is 0.0780. The maximum absolute atomic E-state index is 12.3. The van der Waals surface area contributed by atoms with Gasteiger partial charge in [0.25, 0.3) is 5.91 Å². The summed E-state index contributed by atoms with van der Waals surface area (Å²) < 4.78 is 10.9. The Labute approximate surface area is 147 Å². The topological polar surface area (TPSA) is 74.9 Å². The Balaban J connectivity index is 1.53. The monoisotopic (exact) mass is 346 g/mol. The van der Waals surface area contributed by atoms with Gasteiger partial charge in [-0.1, -0.05) is 19.1 Å². The Morgan fingerprint density at radius 3 is 2.92 bits per heavy atom. The predicted molar refractivity (Wildman–Crippen MR) is 95.9 cm³/mol. The van der Waals surface area contributed by atoms with E-state index in [0.29, 0.717) is 17.9 Å². The van der Waals surface area contributed by atoms with Crippen molar-refractivity contribution in [1.29, 1.82) is 0 Å². The van der Waals surface area contributed by atoms with E-state index in [1.165, 1.54) is 12.8 Å². The van der Waals surface area contributed by atoms with Crippen molar-refractivity contribution in [3.63, 3.8) is 0 Å². The van der Waals surface area contributed by atoms with Crippen LogP contribution in [-0.4, -0.2) is 55.3 Å². The van der Waals surface area contributed by atoms with Crippen LogP contribution < -0.4 is 10.1 Å². The van der Waals surface area contributed by atoms with Crippen molar-refractivity contribution < 1.29 is 19.1 Å². The van der Waals surface area contributed by atoms with Gasteiger partial charge in [-0.3, -0.25) is 4.79 Å². The number of fused-ring (bicyclic) bond motifs is 1. The number of methoxy groups -OCH3 is 1. The molecule has 1 aromatic heterocycles. The molecular formula is C19H26N2O4. The van der Waals surface area contributed by atoms with E-state index in [1.54, 1.807) is 19.2 Å². The molecule has 2 N–H and O–H groups in total. The highest BCUT2D eigenvalue weighted by atomic mass is 16.5. The van der Waals surface area contributed by atoms with Gasteiger partial charge in [0.15, 0.2) is 17.1 Å². The Bertz CT molecular complexity index is 719. The highest BCUT2D eigenvalue weighted by Gasteiger charge is 2.20. The molecule has 3 rings (SSSR count). The number of likely N-dealkylation sites (tertiary alicyclic amines) is 1. The first-order chi connectivity index (χ1) is 12.1. The quantitative estimate of drug-likeness (QED) is 0.839. The zero-order chi connectivity index (χ0) is 17.8. The molecule has 1 aliphatic heterocycles. The number of rotatable bonds is 6. The molecule has 0 spiro atoms. The number of nitrogens with one attached hydrogen (secondary N) is 1. The number of furan rings is 1. The van der Waals surface area contributed by atoms with Crippen molar-refractivity contribution in [3.8, 4) is 5.75 Å². The van der Waals surface area contributed by atoms with Gasteiger partial charge in [-0.05, 0) is 44.0 Å². The number of carbonyl (C=O) groups is 1. The van der Waals surface area contributed by atoms with Crippen molar-refractivity contribution in [1.82, 2.24) is 10.2 Å². The molecule has 2 aromatic rings. The first kappa shape index (κ1) is 17.8. The summed E-state index contributed by atoms with van der Waals surface area (Å²) in [6.45, 7) is 5.07. The minimum atomic E-state index is -0.587. The van der Waals surface area contributed by atoms with Crippen molar-refractivity contribution in [2.45, 2.75) is 25.9 Å². The minimum Gasteiger partial charge on any atom is -0.493 e. The fourth-order valence-corrected chi connectivity index (χ4v) is 3.21. The molecule has 0 bridgehead atoms. The maximum atomic E-state index is 12.3. The fourth-order valence-electron chi connectivity index (χ4n) is 3.21. The lowest BCUT2D eigenvalue weighted by Crippen LogP contribution is -2.43. The molecule has 1 unspecified atom stereocenters. The van der Waals surface area contributed by atoms with E-state index in [0.717, 1.165) is 24.4 Å². The van der Waals surface area contributed by atoms with Gasteiger partial charge in [0.1, 0.15) is 0 Å². The van der Waals surface area contributed by atoms with E-state index in [2.05, 4.69) is 17.1 Å². The fraction of sp³-hybridized carbons (Fsp3) is 0.526. The zero-order valence-electron chi connectivity index (χ0n) is 14.8. The number of para-hydroxylation sites is 1. The highest BCUT2D eigenvalue weighted by Crippen LogP contribution is 2.28. The number of hydrogen-bond acceptors (Lipinski definition) is 5.